The fourth-order valence-corrected chi connectivity index (χ4v) is 2.53. The summed E-state index contributed by atoms with van der Waals surface area (Å²) in [6, 6.07) is 16.0. The van der Waals surface area contributed by atoms with Crippen LogP contribution in [0.3, 0.4) is 0 Å². The number of nitrogen functional groups attached to an aromatic ring is 1. The lowest BCUT2D eigenvalue weighted by atomic mass is 9.91. The Morgan fingerprint density at radius 1 is 1.00 bits per heavy atom. The van der Waals surface area contributed by atoms with Crippen molar-refractivity contribution >= 4 is 5.69 Å². The number of benzene rings is 2. The minimum atomic E-state index is 0.318. The van der Waals surface area contributed by atoms with Crippen molar-refractivity contribution in [3.05, 3.63) is 53.1 Å². The van der Waals surface area contributed by atoms with Crippen LogP contribution >= 0.6 is 0 Å². The van der Waals surface area contributed by atoms with Crippen LogP contribution in [0.4, 0.5) is 5.69 Å². The van der Waals surface area contributed by atoms with Crippen molar-refractivity contribution < 1.29 is 0 Å². The molecule has 3 nitrogen and oxygen atoms in total. The van der Waals surface area contributed by atoms with E-state index in [1.165, 1.54) is 0 Å². The molecular weight excluding hydrogens is 246 g/mol. The Labute approximate surface area is 117 Å². The molecule has 0 unspecified atom stereocenters. The van der Waals surface area contributed by atoms with Gasteiger partial charge in [0.2, 0.25) is 0 Å². The van der Waals surface area contributed by atoms with E-state index in [4.69, 9.17) is 5.73 Å². The highest BCUT2D eigenvalue weighted by Crippen LogP contribution is 2.45. The fourth-order valence-electron chi connectivity index (χ4n) is 2.53. The molecule has 2 N–H and O–H groups in total. The summed E-state index contributed by atoms with van der Waals surface area (Å²) in [7, 11) is 0. The summed E-state index contributed by atoms with van der Waals surface area (Å²) in [5, 5.41) is 18.7. The van der Waals surface area contributed by atoms with E-state index in [2.05, 4.69) is 12.1 Å². The second-order valence-corrected chi connectivity index (χ2v) is 5.04. The molecule has 3 rings (SSSR count). The van der Waals surface area contributed by atoms with Gasteiger partial charge in [-0.1, -0.05) is 30.3 Å². The molecule has 20 heavy (non-hydrogen) atoms. The largest absolute Gasteiger partial charge is 0.397 e. The standard InChI is InChI=1S/C17H13N3/c18-9-15-13(11-4-2-1-3-5-11)8-14(12-6-7-12)16(10-19)17(15)20/h1-5,8,12H,6-7,20H2. The van der Waals surface area contributed by atoms with Crippen LogP contribution in [0.15, 0.2) is 36.4 Å². The first-order chi connectivity index (χ1) is 9.76. The summed E-state index contributed by atoms with van der Waals surface area (Å²) >= 11 is 0. The normalized spacial score (nSPS) is 13.5. The topological polar surface area (TPSA) is 73.6 Å². The van der Waals surface area contributed by atoms with Crippen LogP contribution in [0.25, 0.3) is 11.1 Å². The summed E-state index contributed by atoms with van der Waals surface area (Å²) in [6.07, 6.45) is 2.18. The number of anilines is 1. The van der Waals surface area contributed by atoms with Crippen molar-refractivity contribution in [2.45, 2.75) is 18.8 Å². The van der Waals surface area contributed by atoms with Gasteiger partial charge in [-0.3, -0.25) is 0 Å². The van der Waals surface area contributed by atoms with E-state index in [-0.39, 0.29) is 0 Å². The fraction of sp³-hybridized carbons (Fsp3) is 0.176. The first kappa shape index (κ1) is 12.3. The van der Waals surface area contributed by atoms with E-state index >= 15 is 0 Å². The first-order valence-electron chi connectivity index (χ1n) is 6.58. The summed E-state index contributed by atoms with van der Waals surface area (Å²) in [5.74, 6) is 0.419. The molecule has 1 aliphatic carbocycles. The third-order valence-corrected chi connectivity index (χ3v) is 3.72. The molecule has 1 saturated carbocycles. The van der Waals surface area contributed by atoms with Gasteiger partial charge in [0, 0.05) is 5.56 Å². The third-order valence-electron chi connectivity index (χ3n) is 3.72. The molecule has 2 aromatic carbocycles. The first-order valence-corrected chi connectivity index (χ1v) is 6.58. The van der Waals surface area contributed by atoms with Crippen LogP contribution < -0.4 is 5.73 Å². The molecule has 0 spiro atoms. The Balaban J connectivity index is 2.30. The van der Waals surface area contributed by atoms with Gasteiger partial charge in [-0.05, 0) is 36.0 Å². The molecule has 0 heterocycles. The summed E-state index contributed by atoms with van der Waals surface area (Å²) < 4.78 is 0. The van der Waals surface area contributed by atoms with Crippen molar-refractivity contribution in [2.75, 3.05) is 5.73 Å². The zero-order chi connectivity index (χ0) is 14.1. The SMILES string of the molecule is N#Cc1c(-c2ccccc2)cc(C2CC2)c(C#N)c1N. The molecule has 0 atom stereocenters. The molecule has 0 saturated heterocycles. The molecule has 96 valence electrons. The van der Waals surface area contributed by atoms with Gasteiger partial charge in [-0.15, -0.1) is 0 Å². The van der Waals surface area contributed by atoms with Gasteiger partial charge >= 0.3 is 0 Å². The minimum absolute atomic E-state index is 0.318. The Hall–Kier alpha value is -2.78. The molecule has 0 aromatic heterocycles. The summed E-state index contributed by atoms with van der Waals surface area (Å²) in [4.78, 5) is 0. The predicted molar refractivity (Wildman–Crippen MR) is 77.7 cm³/mol. The maximum atomic E-state index is 9.39. The van der Waals surface area contributed by atoms with Gasteiger partial charge < -0.3 is 5.73 Å². The summed E-state index contributed by atoms with van der Waals surface area (Å²) in [5.41, 5.74) is 10.0. The average molecular weight is 259 g/mol. The highest BCUT2D eigenvalue weighted by atomic mass is 14.6. The van der Waals surface area contributed by atoms with E-state index in [9.17, 15) is 10.5 Å². The van der Waals surface area contributed by atoms with E-state index in [1.54, 1.807) is 0 Å². The van der Waals surface area contributed by atoms with E-state index < -0.39 is 0 Å². The van der Waals surface area contributed by atoms with E-state index in [1.807, 2.05) is 36.4 Å². The quantitative estimate of drug-likeness (QED) is 0.838. The lowest BCUT2D eigenvalue weighted by Gasteiger charge is -2.13. The van der Waals surface area contributed by atoms with Crippen LogP contribution in [-0.4, -0.2) is 0 Å². The monoisotopic (exact) mass is 259 g/mol. The summed E-state index contributed by atoms with van der Waals surface area (Å²) in [6.45, 7) is 0. The Morgan fingerprint density at radius 3 is 2.20 bits per heavy atom. The second-order valence-electron chi connectivity index (χ2n) is 5.04. The molecule has 0 radical (unpaired) electrons. The van der Waals surface area contributed by atoms with Crippen molar-refractivity contribution in [2.24, 2.45) is 0 Å². The molecule has 1 aliphatic rings. The maximum absolute atomic E-state index is 9.39. The molecule has 2 aromatic rings. The maximum Gasteiger partial charge on any atom is 0.102 e. The number of hydrogen-bond donors (Lipinski definition) is 1. The predicted octanol–water partition coefficient (Wildman–Crippen LogP) is 3.56. The van der Waals surface area contributed by atoms with Crippen molar-refractivity contribution in [3.63, 3.8) is 0 Å². The molecule has 0 bridgehead atoms. The highest BCUT2D eigenvalue weighted by molar-refractivity contribution is 5.82. The molecule has 3 heteroatoms. The Morgan fingerprint density at radius 2 is 1.65 bits per heavy atom. The van der Waals surface area contributed by atoms with Crippen LogP contribution in [-0.2, 0) is 0 Å². The number of rotatable bonds is 2. The van der Waals surface area contributed by atoms with Crippen LogP contribution in [0.2, 0.25) is 0 Å². The highest BCUT2D eigenvalue weighted by Gasteiger charge is 2.29. The lowest BCUT2D eigenvalue weighted by Crippen LogP contribution is -2.02. The van der Waals surface area contributed by atoms with E-state index in [0.717, 1.165) is 29.5 Å². The smallest absolute Gasteiger partial charge is 0.102 e. The van der Waals surface area contributed by atoms with Crippen molar-refractivity contribution in [1.29, 1.82) is 10.5 Å². The molecule has 0 amide bonds. The lowest BCUT2D eigenvalue weighted by molar-refractivity contribution is 1.12. The van der Waals surface area contributed by atoms with Gasteiger partial charge in [-0.25, -0.2) is 0 Å². The minimum Gasteiger partial charge on any atom is -0.397 e. The molecule has 0 aliphatic heterocycles. The third kappa shape index (κ3) is 1.90. The van der Waals surface area contributed by atoms with Crippen molar-refractivity contribution in [3.8, 4) is 23.3 Å². The number of nitrogens with two attached hydrogens (primary N) is 1. The van der Waals surface area contributed by atoms with Gasteiger partial charge in [-0.2, -0.15) is 10.5 Å². The molecular formula is C17H13N3. The average Bonchev–Trinajstić information content (AvgIpc) is 3.31. The second kappa shape index (κ2) is 4.72. The van der Waals surface area contributed by atoms with Crippen LogP contribution in [0.1, 0.15) is 35.4 Å². The zero-order valence-corrected chi connectivity index (χ0v) is 10.9. The Bertz CT molecular complexity index is 745. The van der Waals surface area contributed by atoms with Crippen LogP contribution in [0.5, 0.6) is 0 Å². The number of hydrogen-bond acceptors (Lipinski definition) is 3. The molecule has 1 fully saturated rings. The zero-order valence-electron chi connectivity index (χ0n) is 10.9. The van der Waals surface area contributed by atoms with Gasteiger partial charge in [0.25, 0.3) is 0 Å². The Kier molecular flexibility index (Phi) is 2.89. The van der Waals surface area contributed by atoms with Gasteiger partial charge in [0.15, 0.2) is 0 Å². The van der Waals surface area contributed by atoms with Crippen LogP contribution in [0, 0.1) is 22.7 Å². The van der Waals surface area contributed by atoms with E-state index in [0.29, 0.717) is 22.7 Å². The number of nitrogens with zero attached hydrogens (tertiary/aromatic N) is 2. The van der Waals surface area contributed by atoms with Gasteiger partial charge in [0.05, 0.1) is 16.8 Å². The van der Waals surface area contributed by atoms with Gasteiger partial charge in [0.1, 0.15) is 12.1 Å². The number of nitriles is 2. The van der Waals surface area contributed by atoms with Crippen molar-refractivity contribution in [1.82, 2.24) is 0 Å².